The van der Waals surface area contributed by atoms with E-state index in [4.69, 9.17) is 10.5 Å². The highest BCUT2D eigenvalue weighted by Crippen LogP contribution is 2.42. The Balaban J connectivity index is 1.87. The number of ether oxygens (including phenoxy) is 1. The Morgan fingerprint density at radius 2 is 1.93 bits per heavy atom. The second kappa shape index (κ2) is 3.07. The van der Waals surface area contributed by atoms with Crippen molar-refractivity contribution in [3.63, 3.8) is 0 Å². The average molecular weight is 202 g/mol. The number of benzene rings is 1. The van der Waals surface area contributed by atoms with Gasteiger partial charge in [0, 0.05) is 11.1 Å². The Kier molecular flexibility index (Phi) is 1.83. The molecule has 0 amide bonds. The standard InChI is InChI=1S/C12H14N2O/c13-12(5-6-12)10-3-1-9(2-4-10)11-14-7-8-15-11/h1-4H,5-8,13H2. The molecule has 0 bridgehead atoms. The van der Waals surface area contributed by atoms with E-state index in [2.05, 4.69) is 17.1 Å². The van der Waals surface area contributed by atoms with Gasteiger partial charge in [0.25, 0.3) is 0 Å². The summed E-state index contributed by atoms with van der Waals surface area (Å²) in [5, 5.41) is 0. The molecule has 1 aliphatic carbocycles. The van der Waals surface area contributed by atoms with Crippen molar-refractivity contribution < 1.29 is 4.74 Å². The quantitative estimate of drug-likeness (QED) is 0.788. The van der Waals surface area contributed by atoms with Crippen LogP contribution in [0.5, 0.6) is 0 Å². The SMILES string of the molecule is NC1(c2ccc(C3=NCCO3)cc2)CC1. The highest BCUT2D eigenvalue weighted by atomic mass is 16.5. The van der Waals surface area contributed by atoms with Crippen LogP contribution in [-0.2, 0) is 10.3 Å². The summed E-state index contributed by atoms with van der Waals surface area (Å²) in [6.45, 7) is 1.48. The molecule has 0 spiro atoms. The molecule has 1 aliphatic heterocycles. The third kappa shape index (κ3) is 1.53. The molecule has 3 nitrogen and oxygen atoms in total. The summed E-state index contributed by atoms with van der Waals surface area (Å²) in [5.41, 5.74) is 8.35. The molecule has 0 aromatic heterocycles. The number of hydrogen-bond donors (Lipinski definition) is 1. The summed E-state index contributed by atoms with van der Waals surface area (Å²) >= 11 is 0. The van der Waals surface area contributed by atoms with E-state index in [9.17, 15) is 0 Å². The zero-order valence-electron chi connectivity index (χ0n) is 8.57. The minimum atomic E-state index is -0.0448. The summed E-state index contributed by atoms with van der Waals surface area (Å²) in [6, 6.07) is 8.28. The lowest BCUT2D eigenvalue weighted by Crippen LogP contribution is -2.18. The second-order valence-corrected chi connectivity index (χ2v) is 4.27. The number of hydrogen-bond acceptors (Lipinski definition) is 3. The third-order valence-electron chi connectivity index (χ3n) is 3.08. The minimum Gasteiger partial charge on any atom is -0.476 e. The van der Waals surface area contributed by atoms with Crippen LogP contribution in [0.4, 0.5) is 0 Å². The first-order valence-electron chi connectivity index (χ1n) is 5.35. The molecule has 1 aromatic carbocycles. The second-order valence-electron chi connectivity index (χ2n) is 4.27. The molecule has 1 fully saturated rings. The van der Waals surface area contributed by atoms with Crippen LogP contribution in [0.3, 0.4) is 0 Å². The van der Waals surface area contributed by atoms with Crippen LogP contribution in [0.1, 0.15) is 24.0 Å². The Labute approximate surface area is 89.0 Å². The Morgan fingerprint density at radius 1 is 1.20 bits per heavy atom. The highest BCUT2D eigenvalue weighted by molar-refractivity contribution is 5.94. The zero-order chi connectivity index (χ0) is 10.3. The smallest absolute Gasteiger partial charge is 0.216 e. The van der Waals surface area contributed by atoms with Crippen LogP contribution >= 0.6 is 0 Å². The largest absolute Gasteiger partial charge is 0.476 e. The van der Waals surface area contributed by atoms with E-state index in [1.165, 1.54) is 5.56 Å². The molecule has 1 aromatic rings. The van der Waals surface area contributed by atoms with Gasteiger partial charge >= 0.3 is 0 Å². The maximum Gasteiger partial charge on any atom is 0.216 e. The average Bonchev–Trinajstić information content (AvgIpc) is 2.84. The summed E-state index contributed by atoms with van der Waals surface area (Å²) in [6.07, 6.45) is 2.20. The Morgan fingerprint density at radius 3 is 2.47 bits per heavy atom. The molecule has 78 valence electrons. The van der Waals surface area contributed by atoms with Gasteiger partial charge in [0.15, 0.2) is 0 Å². The van der Waals surface area contributed by atoms with Crippen LogP contribution in [0.2, 0.25) is 0 Å². The molecule has 2 aliphatic rings. The molecule has 15 heavy (non-hydrogen) atoms. The van der Waals surface area contributed by atoms with Crippen molar-refractivity contribution in [2.45, 2.75) is 18.4 Å². The summed E-state index contributed by atoms with van der Waals surface area (Å²) in [4.78, 5) is 4.28. The van der Waals surface area contributed by atoms with Gasteiger partial charge in [0.1, 0.15) is 6.61 Å². The number of nitrogens with two attached hydrogens (primary N) is 1. The zero-order valence-corrected chi connectivity index (χ0v) is 8.57. The maximum atomic E-state index is 6.11. The number of aliphatic imine (C=N–C) groups is 1. The van der Waals surface area contributed by atoms with Gasteiger partial charge in [-0.2, -0.15) is 0 Å². The van der Waals surface area contributed by atoms with Crippen LogP contribution in [0.25, 0.3) is 0 Å². The predicted molar refractivity (Wildman–Crippen MR) is 58.9 cm³/mol. The van der Waals surface area contributed by atoms with Crippen LogP contribution in [0.15, 0.2) is 29.3 Å². The normalized spacial score (nSPS) is 22.1. The van der Waals surface area contributed by atoms with E-state index in [-0.39, 0.29) is 5.54 Å². The fourth-order valence-electron chi connectivity index (χ4n) is 1.88. The molecule has 1 heterocycles. The topological polar surface area (TPSA) is 47.6 Å². The molecular weight excluding hydrogens is 188 g/mol. The first kappa shape index (κ1) is 8.92. The molecular formula is C12H14N2O. The monoisotopic (exact) mass is 202 g/mol. The van der Waals surface area contributed by atoms with Gasteiger partial charge in [0.05, 0.1) is 6.54 Å². The van der Waals surface area contributed by atoms with Gasteiger partial charge in [-0.15, -0.1) is 0 Å². The summed E-state index contributed by atoms with van der Waals surface area (Å²) in [7, 11) is 0. The maximum absolute atomic E-state index is 6.11. The molecule has 0 atom stereocenters. The van der Waals surface area contributed by atoms with E-state index in [1.54, 1.807) is 0 Å². The van der Waals surface area contributed by atoms with E-state index in [1.807, 2.05) is 12.1 Å². The number of rotatable bonds is 2. The van der Waals surface area contributed by atoms with Crippen molar-refractivity contribution in [1.29, 1.82) is 0 Å². The molecule has 0 unspecified atom stereocenters. The van der Waals surface area contributed by atoms with E-state index in [0.29, 0.717) is 6.61 Å². The Bertz CT molecular complexity index is 404. The molecule has 0 radical (unpaired) electrons. The van der Waals surface area contributed by atoms with E-state index >= 15 is 0 Å². The lowest BCUT2D eigenvalue weighted by Gasteiger charge is -2.09. The lowest BCUT2D eigenvalue weighted by molar-refractivity contribution is 0.348. The molecule has 3 rings (SSSR count). The van der Waals surface area contributed by atoms with Gasteiger partial charge in [-0.05, 0) is 30.5 Å². The highest BCUT2D eigenvalue weighted by Gasteiger charge is 2.39. The van der Waals surface area contributed by atoms with Crippen LogP contribution in [-0.4, -0.2) is 19.0 Å². The van der Waals surface area contributed by atoms with E-state index in [0.717, 1.165) is 30.8 Å². The fourth-order valence-corrected chi connectivity index (χ4v) is 1.88. The van der Waals surface area contributed by atoms with Gasteiger partial charge in [-0.3, -0.25) is 0 Å². The molecule has 1 saturated carbocycles. The van der Waals surface area contributed by atoms with Crippen molar-refractivity contribution >= 4 is 5.90 Å². The molecule has 3 heteroatoms. The van der Waals surface area contributed by atoms with Crippen molar-refractivity contribution in [3.05, 3.63) is 35.4 Å². The van der Waals surface area contributed by atoms with Crippen molar-refractivity contribution in [1.82, 2.24) is 0 Å². The predicted octanol–water partition coefficient (Wildman–Crippen LogP) is 1.41. The molecule has 0 saturated heterocycles. The van der Waals surface area contributed by atoms with Gasteiger partial charge < -0.3 is 10.5 Å². The van der Waals surface area contributed by atoms with Crippen molar-refractivity contribution in [3.8, 4) is 0 Å². The Hall–Kier alpha value is -1.35. The third-order valence-corrected chi connectivity index (χ3v) is 3.08. The van der Waals surface area contributed by atoms with Gasteiger partial charge in [-0.1, -0.05) is 12.1 Å². The number of nitrogens with zero attached hydrogens (tertiary/aromatic N) is 1. The minimum absolute atomic E-state index is 0.0448. The fraction of sp³-hybridized carbons (Fsp3) is 0.417. The summed E-state index contributed by atoms with van der Waals surface area (Å²) in [5.74, 6) is 0.767. The first-order chi connectivity index (χ1) is 7.28. The first-order valence-corrected chi connectivity index (χ1v) is 5.35. The van der Waals surface area contributed by atoms with Crippen molar-refractivity contribution in [2.24, 2.45) is 10.7 Å². The van der Waals surface area contributed by atoms with Gasteiger partial charge in [0.2, 0.25) is 5.90 Å². The van der Waals surface area contributed by atoms with Crippen LogP contribution in [0, 0.1) is 0 Å². The van der Waals surface area contributed by atoms with E-state index < -0.39 is 0 Å². The van der Waals surface area contributed by atoms with Crippen LogP contribution < -0.4 is 5.73 Å². The lowest BCUT2D eigenvalue weighted by atomic mass is 10.0. The van der Waals surface area contributed by atoms with Crippen molar-refractivity contribution in [2.75, 3.05) is 13.2 Å². The summed E-state index contributed by atoms with van der Waals surface area (Å²) < 4.78 is 5.40. The van der Waals surface area contributed by atoms with Gasteiger partial charge in [-0.25, -0.2) is 4.99 Å². The molecule has 2 N–H and O–H groups in total.